The fourth-order valence-corrected chi connectivity index (χ4v) is 1.84. The molecule has 6 nitrogen and oxygen atoms in total. The molecule has 1 unspecified atom stereocenters. The average molecular weight is 288 g/mol. The van der Waals surface area contributed by atoms with E-state index in [1.54, 1.807) is 37.4 Å². The summed E-state index contributed by atoms with van der Waals surface area (Å²) >= 11 is 0. The summed E-state index contributed by atoms with van der Waals surface area (Å²) in [6.45, 7) is 1.75. The minimum atomic E-state index is -0.358. The number of ether oxygens (including phenoxy) is 1. The van der Waals surface area contributed by atoms with Crippen LogP contribution in [0.25, 0.3) is 11.3 Å². The Morgan fingerprint density at radius 2 is 2.05 bits per heavy atom. The van der Waals surface area contributed by atoms with Crippen LogP contribution in [0.15, 0.2) is 41.3 Å². The van der Waals surface area contributed by atoms with Gasteiger partial charge < -0.3 is 14.5 Å². The molecule has 1 N–H and O–H groups in total. The van der Waals surface area contributed by atoms with Gasteiger partial charge in [-0.15, -0.1) is 0 Å². The SMILES string of the molecule is COC(=O)CC(C)NC(=O)c1ccc(-c2cnco2)cc1. The normalized spacial score (nSPS) is 11.7. The maximum Gasteiger partial charge on any atom is 0.307 e. The summed E-state index contributed by atoms with van der Waals surface area (Å²) in [5, 5.41) is 2.74. The summed E-state index contributed by atoms with van der Waals surface area (Å²) in [5.41, 5.74) is 1.35. The smallest absolute Gasteiger partial charge is 0.307 e. The van der Waals surface area contributed by atoms with Crippen molar-refractivity contribution in [1.29, 1.82) is 0 Å². The maximum atomic E-state index is 12.0. The van der Waals surface area contributed by atoms with Gasteiger partial charge in [0.05, 0.1) is 19.7 Å². The second-order valence-electron chi connectivity index (χ2n) is 4.60. The molecule has 0 spiro atoms. The molecule has 0 saturated heterocycles. The number of esters is 1. The fraction of sp³-hybridized carbons (Fsp3) is 0.267. The van der Waals surface area contributed by atoms with E-state index in [0.29, 0.717) is 11.3 Å². The van der Waals surface area contributed by atoms with E-state index < -0.39 is 0 Å². The molecule has 2 rings (SSSR count). The number of carbonyl (C=O) groups excluding carboxylic acids is 2. The first kappa shape index (κ1) is 14.8. The lowest BCUT2D eigenvalue weighted by atomic mass is 10.1. The van der Waals surface area contributed by atoms with Gasteiger partial charge >= 0.3 is 5.97 Å². The second kappa shape index (κ2) is 6.69. The van der Waals surface area contributed by atoms with E-state index >= 15 is 0 Å². The van der Waals surface area contributed by atoms with E-state index in [-0.39, 0.29) is 24.3 Å². The molecule has 0 fully saturated rings. The van der Waals surface area contributed by atoms with Crippen LogP contribution in [0.2, 0.25) is 0 Å². The van der Waals surface area contributed by atoms with Gasteiger partial charge in [-0.05, 0) is 19.1 Å². The number of amides is 1. The van der Waals surface area contributed by atoms with Gasteiger partial charge in [-0.1, -0.05) is 12.1 Å². The zero-order valence-electron chi connectivity index (χ0n) is 11.8. The highest BCUT2D eigenvalue weighted by molar-refractivity contribution is 5.95. The van der Waals surface area contributed by atoms with Crippen LogP contribution in [-0.4, -0.2) is 30.0 Å². The standard InChI is InChI=1S/C15H16N2O4/c1-10(7-14(18)20-2)17-15(19)12-5-3-11(4-6-12)13-8-16-9-21-13/h3-6,8-10H,7H2,1-2H3,(H,17,19). The van der Waals surface area contributed by atoms with Gasteiger partial charge in [0.25, 0.3) is 5.91 Å². The number of oxazole rings is 1. The minimum Gasteiger partial charge on any atom is -0.469 e. The van der Waals surface area contributed by atoms with E-state index in [1.165, 1.54) is 13.5 Å². The lowest BCUT2D eigenvalue weighted by Crippen LogP contribution is -2.34. The quantitative estimate of drug-likeness (QED) is 0.851. The molecule has 1 amide bonds. The van der Waals surface area contributed by atoms with Crippen molar-refractivity contribution < 1.29 is 18.7 Å². The summed E-state index contributed by atoms with van der Waals surface area (Å²) in [6, 6.07) is 6.65. The minimum absolute atomic E-state index is 0.137. The number of aromatic nitrogens is 1. The van der Waals surface area contributed by atoms with Crippen LogP contribution in [0, 0.1) is 0 Å². The van der Waals surface area contributed by atoms with E-state index in [9.17, 15) is 9.59 Å². The molecule has 21 heavy (non-hydrogen) atoms. The zero-order valence-corrected chi connectivity index (χ0v) is 11.8. The van der Waals surface area contributed by atoms with Crippen LogP contribution >= 0.6 is 0 Å². The van der Waals surface area contributed by atoms with Gasteiger partial charge in [0.15, 0.2) is 12.2 Å². The average Bonchev–Trinajstić information content (AvgIpc) is 3.01. The molecule has 2 aromatic rings. The highest BCUT2D eigenvalue weighted by Crippen LogP contribution is 2.18. The lowest BCUT2D eigenvalue weighted by molar-refractivity contribution is -0.141. The van der Waals surface area contributed by atoms with Crippen molar-refractivity contribution in [2.45, 2.75) is 19.4 Å². The van der Waals surface area contributed by atoms with E-state index in [4.69, 9.17) is 4.42 Å². The maximum absolute atomic E-state index is 12.0. The third-order valence-electron chi connectivity index (χ3n) is 2.94. The molecule has 6 heteroatoms. The van der Waals surface area contributed by atoms with Gasteiger partial charge in [-0.2, -0.15) is 0 Å². The Morgan fingerprint density at radius 1 is 1.33 bits per heavy atom. The van der Waals surface area contributed by atoms with Crippen molar-refractivity contribution in [3.05, 3.63) is 42.4 Å². The zero-order chi connectivity index (χ0) is 15.2. The van der Waals surface area contributed by atoms with Crippen LogP contribution in [-0.2, 0) is 9.53 Å². The summed E-state index contributed by atoms with van der Waals surface area (Å²) in [5.74, 6) is 0.0417. The summed E-state index contributed by atoms with van der Waals surface area (Å²) < 4.78 is 9.74. The molecule has 0 aliphatic carbocycles. The lowest BCUT2D eigenvalue weighted by Gasteiger charge is -2.12. The Morgan fingerprint density at radius 3 is 2.62 bits per heavy atom. The van der Waals surface area contributed by atoms with Crippen LogP contribution in [0.1, 0.15) is 23.7 Å². The Bertz CT molecular complexity index is 605. The number of methoxy groups -OCH3 is 1. The summed E-state index contributed by atoms with van der Waals surface area (Å²) in [4.78, 5) is 27.0. The van der Waals surface area contributed by atoms with Crippen LogP contribution < -0.4 is 5.32 Å². The van der Waals surface area contributed by atoms with Crippen molar-refractivity contribution in [2.24, 2.45) is 0 Å². The molecule has 0 saturated carbocycles. The first-order valence-corrected chi connectivity index (χ1v) is 6.46. The van der Waals surface area contributed by atoms with E-state index in [1.807, 2.05) is 0 Å². The third kappa shape index (κ3) is 3.92. The van der Waals surface area contributed by atoms with Crippen molar-refractivity contribution in [3.63, 3.8) is 0 Å². The topological polar surface area (TPSA) is 81.4 Å². The molecule has 1 aromatic carbocycles. The first-order valence-electron chi connectivity index (χ1n) is 6.46. The van der Waals surface area contributed by atoms with Crippen molar-refractivity contribution in [1.82, 2.24) is 10.3 Å². The molecule has 1 aromatic heterocycles. The van der Waals surface area contributed by atoms with Crippen molar-refractivity contribution in [3.8, 4) is 11.3 Å². The van der Waals surface area contributed by atoms with E-state index in [0.717, 1.165) is 5.56 Å². The second-order valence-corrected chi connectivity index (χ2v) is 4.60. The van der Waals surface area contributed by atoms with Crippen molar-refractivity contribution in [2.75, 3.05) is 7.11 Å². The van der Waals surface area contributed by atoms with E-state index in [2.05, 4.69) is 15.0 Å². The molecule has 0 aliphatic rings. The first-order chi connectivity index (χ1) is 10.1. The summed E-state index contributed by atoms with van der Waals surface area (Å²) in [7, 11) is 1.32. The highest BCUT2D eigenvalue weighted by Gasteiger charge is 2.13. The molecule has 110 valence electrons. The van der Waals surface area contributed by atoms with Gasteiger partial charge in [0.2, 0.25) is 0 Å². The van der Waals surface area contributed by atoms with Gasteiger partial charge in [-0.25, -0.2) is 4.98 Å². The summed E-state index contributed by atoms with van der Waals surface area (Å²) in [6.07, 6.45) is 3.09. The monoisotopic (exact) mass is 288 g/mol. The van der Waals surface area contributed by atoms with Crippen LogP contribution in [0.5, 0.6) is 0 Å². The predicted octanol–water partition coefficient (Wildman–Crippen LogP) is 2.02. The van der Waals surface area contributed by atoms with Gasteiger partial charge in [0, 0.05) is 17.2 Å². The molecule has 0 aliphatic heterocycles. The Labute approximate surface area is 122 Å². The highest BCUT2D eigenvalue weighted by atomic mass is 16.5. The predicted molar refractivity (Wildman–Crippen MR) is 75.5 cm³/mol. The van der Waals surface area contributed by atoms with Gasteiger partial charge in [-0.3, -0.25) is 9.59 Å². The number of hydrogen-bond donors (Lipinski definition) is 1. The molecular weight excluding hydrogens is 272 g/mol. The largest absolute Gasteiger partial charge is 0.469 e. The fourth-order valence-electron chi connectivity index (χ4n) is 1.84. The Balaban J connectivity index is 1.98. The third-order valence-corrected chi connectivity index (χ3v) is 2.94. The number of nitrogens with one attached hydrogen (secondary N) is 1. The number of benzene rings is 1. The van der Waals surface area contributed by atoms with Gasteiger partial charge in [0.1, 0.15) is 0 Å². The van der Waals surface area contributed by atoms with Crippen LogP contribution in [0.4, 0.5) is 0 Å². The van der Waals surface area contributed by atoms with Crippen LogP contribution in [0.3, 0.4) is 0 Å². The molecule has 0 bridgehead atoms. The number of rotatable bonds is 5. The Hall–Kier alpha value is -2.63. The molecule has 1 heterocycles. The molecule has 0 radical (unpaired) electrons. The number of nitrogens with zero attached hydrogens (tertiary/aromatic N) is 1. The number of carbonyl (C=O) groups is 2. The molecular formula is C15H16N2O4. The Kier molecular flexibility index (Phi) is 4.71. The molecule has 1 atom stereocenters. The van der Waals surface area contributed by atoms with Crippen molar-refractivity contribution >= 4 is 11.9 Å². The number of hydrogen-bond acceptors (Lipinski definition) is 5.